The lowest BCUT2D eigenvalue weighted by Gasteiger charge is -2.26. The van der Waals surface area contributed by atoms with Crippen molar-refractivity contribution in [2.75, 3.05) is 4.90 Å². The van der Waals surface area contributed by atoms with E-state index < -0.39 is 17.8 Å². The number of rotatable bonds is 3. The highest BCUT2D eigenvalue weighted by molar-refractivity contribution is 6.37. The number of benzene rings is 2. The molecule has 2 aromatic rings. The summed E-state index contributed by atoms with van der Waals surface area (Å²) in [6.07, 6.45) is 3.36. The first-order valence-corrected chi connectivity index (χ1v) is 8.17. The average molecular weight is 346 g/mol. The number of anilines is 1. The van der Waals surface area contributed by atoms with Gasteiger partial charge >= 0.3 is 6.03 Å². The van der Waals surface area contributed by atoms with Gasteiger partial charge in [-0.05, 0) is 43.2 Å². The molecule has 5 heteroatoms. The van der Waals surface area contributed by atoms with Crippen LogP contribution < -0.4 is 10.2 Å². The molecule has 1 aliphatic heterocycles. The summed E-state index contributed by atoms with van der Waals surface area (Å²) < 4.78 is 0. The summed E-state index contributed by atoms with van der Waals surface area (Å²) in [6.45, 7) is 3.71. The molecule has 0 saturated carbocycles. The van der Waals surface area contributed by atoms with Crippen molar-refractivity contribution in [1.29, 1.82) is 0 Å². The zero-order valence-electron chi connectivity index (χ0n) is 14.5. The third kappa shape index (κ3) is 3.62. The largest absolute Gasteiger partial charge is 0.335 e. The number of amides is 4. The summed E-state index contributed by atoms with van der Waals surface area (Å²) in [5, 5.41) is 2.22. The minimum absolute atomic E-state index is 0.0742. The molecule has 1 aliphatic rings. The summed E-state index contributed by atoms with van der Waals surface area (Å²) in [5.74, 6) is -1.33. The van der Waals surface area contributed by atoms with Crippen LogP contribution in [0.15, 0.2) is 71.8 Å². The van der Waals surface area contributed by atoms with E-state index in [0.29, 0.717) is 5.69 Å². The molecule has 0 aromatic heterocycles. The van der Waals surface area contributed by atoms with Crippen molar-refractivity contribution >= 4 is 29.6 Å². The van der Waals surface area contributed by atoms with E-state index in [2.05, 4.69) is 5.32 Å². The third-order valence-corrected chi connectivity index (χ3v) is 3.96. The lowest BCUT2D eigenvalue weighted by molar-refractivity contribution is -0.122. The Bertz CT molecular complexity index is 925. The zero-order chi connectivity index (χ0) is 18.7. The second-order valence-corrected chi connectivity index (χ2v) is 6.09. The highest BCUT2D eigenvalue weighted by Gasteiger charge is 2.36. The highest BCUT2D eigenvalue weighted by Crippen LogP contribution is 2.22. The van der Waals surface area contributed by atoms with E-state index in [1.165, 1.54) is 6.08 Å². The molecule has 0 bridgehead atoms. The van der Waals surface area contributed by atoms with E-state index in [9.17, 15) is 14.4 Å². The number of urea groups is 1. The lowest BCUT2D eigenvalue weighted by Crippen LogP contribution is -2.54. The maximum Gasteiger partial charge on any atom is 0.335 e. The SMILES string of the molecule is CC(=C\c1ccccc1)/C=C1\C(=O)NC(=O)N(c2ccc(C)cc2)C1=O. The van der Waals surface area contributed by atoms with Crippen LogP contribution in [0.2, 0.25) is 0 Å². The second-order valence-electron chi connectivity index (χ2n) is 6.09. The topological polar surface area (TPSA) is 66.5 Å². The summed E-state index contributed by atoms with van der Waals surface area (Å²) in [4.78, 5) is 38.1. The Labute approximate surface area is 151 Å². The van der Waals surface area contributed by atoms with E-state index >= 15 is 0 Å². The highest BCUT2D eigenvalue weighted by atomic mass is 16.2. The number of imide groups is 2. The Hall–Kier alpha value is -3.47. The molecule has 3 rings (SSSR count). The number of nitrogens with zero attached hydrogens (tertiary/aromatic N) is 1. The Morgan fingerprint density at radius 1 is 0.962 bits per heavy atom. The molecule has 0 aliphatic carbocycles. The Morgan fingerprint density at radius 2 is 1.62 bits per heavy atom. The van der Waals surface area contributed by atoms with Crippen LogP contribution in [0.5, 0.6) is 0 Å². The minimum atomic E-state index is -0.745. The number of hydrogen-bond donors (Lipinski definition) is 1. The summed E-state index contributed by atoms with van der Waals surface area (Å²) in [7, 11) is 0. The maximum absolute atomic E-state index is 12.8. The third-order valence-electron chi connectivity index (χ3n) is 3.96. The molecule has 0 spiro atoms. The molecule has 1 fully saturated rings. The first-order valence-electron chi connectivity index (χ1n) is 8.17. The van der Waals surface area contributed by atoms with Crippen LogP contribution in [0.1, 0.15) is 18.1 Å². The van der Waals surface area contributed by atoms with Crippen LogP contribution in [0.4, 0.5) is 10.5 Å². The van der Waals surface area contributed by atoms with Crippen molar-refractivity contribution in [2.45, 2.75) is 13.8 Å². The van der Waals surface area contributed by atoms with Crippen molar-refractivity contribution in [3.8, 4) is 0 Å². The molecule has 5 nitrogen and oxygen atoms in total. The van der Waals surface area contributed by atoms with Crippen molar-refractivity contribution in [3.05, 3.63) is 82.9 Å². The molecule has 4 amide bonds. The second kappa shape index (κ2) is 7.19. The van der Waals surface area contributed by atoms with Gasteiger partial charge in [0, 0.05) is 0 Å². The van der Waals surface area contributed by atoms with Crippen LogP contribution in [0, 0.1) is 6.92 Å². The van der Waals surface area contributed by atoms with Crippen LogP contribution in [-0.2, 0) is 9.59 Å². The number of allylic oxidation sites excluding steroid dienone is 2. The van der Waals surface area contributed by atoms with Gasteiger partial charge in [0.2, 0.25) is 0 Å². The molecular weight excluding hydrogens is 328 g/mol. The van der Waals surface area contributed by atoms with Crippen LogP contribution >= 0.6 is 0 Å². The summed E-state index contributed by atoms with van der Waals surface area (Å²) in [5.41, 5.74) is 3.04. The number of aryl methyl sites for hydroxylation is 1. The van der Waals surface area contributed by atoms with Gasteiger partial charge in [-0.2, -0.15) is 0 Å². The van der Waals surface area contributed by atoms with Crippen molar-refractivity contribution in [1.82, 2.24) is 5.32 Å². The normalized spacial score (nSPS) is 16.8. The molecule has 26 heavy (non-hydrogen) atoms. The molecular formula is C21H18N2O3. The van der Waals surface area contributed by atoms with Gasteiger partial charge in [-0.1, -0.05) is 54.1 Å². The number of carbonyl (C=O) groups excluding carboxylic acids is 3. The number of hydrogen-bond acceptors (Lipinski definition) is 3. The van der Waals surface area contributed by atoms with Crippen LogP contribution in [0.3, 0.4) is 0 Å². The van der Waals surface area contributed by atoms with E-state index in [1.807, 2.05) is 43.3 Å². The summed E-state index contributed by atoms with van der Waals surface area (Å²) >= 11 is 0. The molecule has 1 heterocycles. The van der Waals surface area contributed by atoms with E-state index in [0.717, 1.165) is 21.6 Å². The Kier molecular flexibility index (Phi) is 4.80. The fourth-order valence-corrected chi connectivity index (χ4v) is 2.67. The van der Waals surface area contributed by atoms with Crippen molar-refractivity contribution < 1.29 is 14.4 Å². The van der Waals surface area contributed by atoms with Crippen molar-refractivity contribution in [3.63, 3.8) is 0 Å². The van der Waals surface area contributed by atoms with Crippen LogP contribution in [0.25, 0.3) is 6.08 Å². The molecule has 0 atom stereocenters. The molecule has 1 N–H and O–H groups in total. The maximum atomic E-state index is 12.8. The fraction of sp³-hybridized carbons (Fsp3) is 0.0952. The van der Waals surface area contributed by atoms with E-state index in [-0.39, 0.29) is 5.57 Å². The molecule has 1 saturated heterocycles. The van der Waals surface area contributed by atoms with Gasteiger partial charge in [-0.15, -0.1) is 0 Å². The predicted molar refractivity (Wildman–Crippen MR) is 100 cm³/mol. The predicted octanol–water partition coefficient (Wildman–Crippen LogP) is 3.61. The van der Waals surface area contributed by atoms with Gasteiger partial charge in [0.1, 0.15) is 5.57 Å². The van der Waals surface area contributed by atoms with Gasteiger partial charge in [0.15, 0.2) is 0 Å². The van der Waals surface area contributed by atoms with E-state index in [4.69, 9.17) is 0 Å². The first-order chi connectivity index (χ1) is 12.5. The lowest BCUT2D eigenvalue weighted by atomic mass is 10.1. The Morgan fingerprint density at radius 3 is 2.27 bits per heavy atom. The van der Waals surface area contributed by atoms with Gasteiger partial charge in [0.05, 0.1) is 5.69 Å². The van der Waals surface area contributed by atoms with Gasteiger partial charge in [-0.3, -0.25) is 14.9 Å². The molecule has 130 valence electrons. The molecule has 2 aromatic carbocycles. The monoisotopic (exact) mass is 346 g/mol. The average Bonchev–Trinajstić information content (AvgIpc) is 2.61. The number of carbonyl (C=O) groups is 3. The van der Waals surface area contributed by atoms with Gasteiger partial charge in [-0.25, -0.2) is 9.69 Å². The zero-order valence-corrected chi connectivity index (χ0v) is 14.5. The van der Waals surface area contributed by atoms with E-state index in [1.54, 1.807) is 31.2 Å². The van der Waals surface area contributed by atoms with Crippen LogP contribution in [-0.4, -0.2) is 17.8 Å². The smallest absolute Gasteiger partial charge is 0.273 e. The number of nitrogens with one attached hydrogen (secondary N) is 1. The Balaban J connectivity index is 1.94. The fourth-order valence-electron chi connectivity index (χ4n) is 2.67. The summed E-state index contributed by atoms with van der Waals surface area (Å²) in [6, 6.07) is 15.8. The van der Waals surface area contributed by atoms with Gasteiger partial charge < -0.3 is 0 Å². The minimum Gasteiger partial charge on any atom is -0.273 e. The van der Waals surface area contributed by atoms with Gasteiger partial charge in [0.25, 0.3) is 11.8 Å². The molecule has 0 radical (unpaired) electrons. The first kappa shape index (κ1) is 17.4. The standard InChI is InChI=1S/C21H18N2O3/c1-14-8-10-17(11-9-14)23-20(25)18(19(24)22-21(23)26)13-15(2)12-16-6-4-3-5-7-16/h3-13H,1-2H3,(H,22,24,26)/b15-12+,18-13+. The quantitative estimate of drug-likeness (QED) is 0.682. The molecule has 0 unspecified atom stereocenters. The number of barbiturate groups is 1. The van der Waals surface area contributed by atoms with Crippen molar-refractivity contribution in [2.24, 2.45) is 0 Å².